The minimum Gasteiger partial charge on any atom is -0.490 e. The second kappa shape index (κ2) is 15.8. The number of carbonyl (C=O) groups excluding carboxylic acids is 1. The molecule has 0 radical (unpaired) electrons. The summed E-state index contributed by atoms with van der Waals surface area (Å²) in [6, 6.07) is 22.3. The molecule has 45 heavy (non-hydrogen) atoms. The van der Waals surface area contributed by atoms with E-state index in [0.717, 1.165) is 64.3 Å². The minimum atomic E-state index is -5.08. The van der Waals surface area contributed by atoms with Gasteiger partial charge in [0.05, 0.1) is 10.0 Å². The van der Waals surface area contributed by atoms with Crippen LogP contribution in [0.4, 0.5) is 13.2 Å². The molecule has 7 nitrogen and oxygen atoms in total. The molecule has 2 heterocycles. The van der Waals surface area contributed by atoms with Crippen molar-refractivity contribution in [1.82, 2.24) is 15.1 Å². The number of ether oxygens (including phenoxy) is 1. The minimum absolute atomic E-state index is 0.112. The third kappa shape index (κ3) is 10.6. The third-order valence-electron chi connectivity index (χ3n) is 7.75. The van der Waals surface area contributed by atoms with Gasteiger partial charge in [0, 0.05) is 50.9 Å². The fraction of sp³-hybridized carbons (Fsp3) is 0.394. The van der Waals surface area contributed by atoms with E-state index in [-0.39, 0.29) is 18.1 Å². The van der Waals surface area contributed by atoms with Gasteiger partial charge in [-0.2, -0.15) is 13.2 Å². The number of likely N-dealkylation sites (tertiary alicyclic amines) is 2. The second-order valence-electron chi connectivity index (χ2n) is 11.3. The highest BCUT2D eigenvalue weighted by molar-refractivity contribution is 6.42. The number of benzene rings is 3. The number of carboxylic acids is 1. The number of hydrogen-bond acceptors (Lipinski definition) is 5. The predicted octanol–water partition coefficient (Wildman–Crippen LogP) is 6.98. The van der Waals surface area contributed by atoms with E-state index < -0.39 is 12.1 Å². The number of alkyl halides is 3. The van der Waals surface area contributed by atoms with Gasteiger partial charge in [0.2, 0.25) is 0 Å². The summed E-state index contributed by atoms with van der Waals surface area (Å²) in [5, 5.41) is 11.1. The zero-order valence-electron chi connectivity index (χ0n) is 24.8. The van der Waals surface area contributed by atoms with E-state index in [1.165, 1.54) is 16.7 Å². The highest BCUT2D eigenvalue weighted by atomic mass is 35.5. The monoisotopic (exact) mass is 665 g/mol. The highest BCUT2D eigenvalue weighted by Crippen LogP contribution is 2.26. The summed E-state index contributed by atoms with van der Waals surface area (Å²) in [5.74, 6) is -1.88. The number of aliphatic carboxylic acids is 1. The van der Waals surface area contributed by atoms with Crippen LogP contribution in [-0.2, 0) is 17.9 Å². The summed E-state index contributed by atoms with van der Waals surface area (Å²) in [4.78, 5) is 26.4. The maximum atomic E-state index is 12.6. The number of amides is 1. The Bertz CT molecular complexity index is 1450. The van der Waals surface area contributed by atoms with Crippen LogP contribution in [0.1, 0.15) is 46.3 Å². The number of piperidine rings is 1. The third-order valence-corrected chi connectivity index (χ3v) is 8.49. The van der Waals surface area contributed by atoms with E-state index in [2.05, 4.69) is 70.6 Å². The molecule has 0 aliphatic carbocycles. The predicted molar refractivity (Wildman–Crippen MR) is 168 cm³/mol. The van der Waals surface area contributed by atoms with Gasteiger partial charge in [0.15, 0.2) is 0 Å². The van der Waals surface area contributed by atoms with E-state index in [1.807, 2.05) is 0 Å². The highest BCUT2D eigenvalue weighted by Gasteiger charge is 2.38. The molecule has 242 valence electrons. The lowest BCUT2D eigenvalue weighted by atomic mass is 10.1. The second-order valence-corrected chi connectivity index (χ2v) is 12.1. The Hall–Kier alpha value is -3.31. The van der Waals surface area contributed by atoms with E-state index in [1.54, 1.807) is 18.2 Å². The van der Waals surface area contributed by atoms with Crippen molar-refractivity contribution in [2.45, 2.75) is 57.6 Å². The van der Waals surface area contributed by atoms with Gasteiger partial charge >= 0.3 is 12.1 Å². The molecule has 0 bridgehead atoms. The Morgan fingerprint density at radius 2 is 1.53 bits per heavy atom. The lowest BCUT2D eigenvalue weighted by Crippen LogP contribution is -2.37. The van der Waals surface area contributed by atoms with Crippen molar-refractivity contribution >= 4 is 35.1 Å². The fourth-order valence-corrected chi connectivity index (χ4v) is 5.70. The normalized spacial score (nSPS) is 17.8. The van der Waals surface area contributed by atoms with E-state index >= 15 is 0 Å². The van der Waals surface area contributed by atoms with Gasteiger partial charge in [-0.05, 0) is 67.1 Å². The molecular weight excluding hydrogens is 630 g/mol. The molecule has 0 saturated carbocycles. The van der Waals surface area contributed by atoms with E-state index in [0.29, 0.717) is 15.6 Å². The first-order chi connectivity index (χ1) is 21.4. The molecule has 2 N–H and O–H groups in total. The maximum absolute atomic E-state index is 12.6. The van der Waals surface area contributed by atoms with Gasteiger partial charge in [-0.1, -0.05) is 65.7 Å². The van der Waals surface area contributed by atoms with Gasteiger partial charge in [-0.15, -0.1) is 0 Å². The van der Waals surface area contributed by atoms with Crippen molar-refractivity contribution in [3.63, 3.8) is 0 Å². The smallest absolute Gasteiger partial charge is 0.490 e. The molecule has 2 aliphatic heterocycles. The summed E-state index contributed by atoms with van der Waals surface area (Å²) >= 11 is 12.0. The quantitative estimate of drug-likeness (QED) is 0.270. The first-order valence-corrected chi connectivity index (χ1v) is 15.4. The van der Waals surface area contributed by atoms with Crippen LogP contribution in [-0.4, -0.2) is 71.3 Å². The van der Waals surface area contributed by atoms with Gasteiger partial charge < -0.3 is 15.2 Å². The van der Waals surface area contributed by atoms with Crippen LogP contribution in [0.5, 0.6) is 5.75 Å². The van der Waals surface area contributed by atoms with Gasteiger partial charge in [0.25, 0.3) is 5.91 Å². The summed E-state index contributed by atoms with van der Waals surface area (Å²) in [6.45, 7) is 7.91. The summed E-state index contributed by atoms with van der Waals surface area (Å²) in [5.41, 5.74) is 4.35. The summed E-state index contributed by atoms with van der Waals surface area (Å²) < 4.78 is 38.2. The molecule has 2 saturated heterocycles. The Balaban J connectivity index is 0.000000591. The Morgan fingerprint density at radius 3 is 2.16 bits per heavy atom. The molecule has 2 aliphatic rings. The fourth-order valence-electron chi connectivity index (χ4n) is 5.41. The van der Waals surface area contributed by atoms with Crippen LogP contribution in [0.3, 0.4) is 0 Å². The standard InChI is InChI=1S/C31H35Cl2N3O2.C2HF3O2/c1-22-17-24(20-36-14-11-26(21-36)34-31(37)25-8-9-28(32)29(33)18-25)7-10-30(22)38-27-12-15-35(16-13-27)19-23-5-3-2-4-6-23;3-2(4,5)1(6)7/h2-10,17-18,26-27H,11-16,19-21H2,1H3,(H,34,37);(H,6,7)/t26-;/m0./s1. The number of aryl methyl sites for hydroxylation is 1. The zero-order chi connectivity index (χ0) is 32.6. The molecule has 3 aromatic carbocycles. The molecular formula is C33H36Cl2F3N3O4. The molecule has 5 rings (SSSR count). The number of nitrogens with one attached hydrogen (secondary N) is 1. The number of halogens is 5. The van der Waals surface area contributed by atoms with Crippen molar-refractivity contribution in [2.75, 3.05) is 26.2 Å². The number of rotatable bonds is 8. The van der Waals surface area contributed by atoms with Crippen LogP contribution >= 0.6 is 23.2 Å². The van der Waals surface area contributed by atoms with Crippen LogP contribution in [0.25, 0.3) is 0 Å². The average molecular weight is 667 g/mol. The molecule has 0 unspecified atom stereocenters. The van der Waals surface area contributed by atoms with Gasteiger partial charge in [-0.3, -0.25) is 14.6 Å². The van der Waals surface area contributed by atoms with E-state index in [9.17, 15) is 18.0 Å². The van der Waals surface area contributed by atoms with Crippen LogP contribution in [0, 0.1) is 6.92 Å². The van der Waals surface area contributed by atoms with Crippen LogP contribution < -0.4 is 10.1 Å². The maximum Gasteiger partial charge on any atom is 0.490 e. The lowest BCUT2D eigenvalue weighted by molar-refractivity contribution is -0.192. The SMILES string of the molecule is Cc1cc(CN2CC[C@H](NC(=O)c3ccc(Cl)c(Cl)c3)C2)ccc1OC1CCN(Cc2ccccc2)CC1.O=C(O)C(F)(F)F. The van der Waals surface area contributed by atoms with Crippen molar-refractivity contribution in [3.05, 3.63) is 99.0 Å². The Kier molecular flexibility index (Phi) is 12.1. The molecule has 0 aromatic heterocycles. The topological polar surface area (TPSA) is 82.1 Å². The number of nitrogens with zero attached hydrogens (tertiary/aromatic N) is 2. The van der Waals surface area contributed by atoms with Crippen molar-refractivity contribution in [3.8, 4) is 5.75 Å². The van der Waals surface area contributed by atoms with Crippen LogP contribution in [0.15, 0.2) is 66.7 Å². The van der Waals surface area contributed by atoms with Crippen LogP contribution in [0.2, 0.25) is 10.0 Å². The lowest BCUT2D eigenvalue weighted by Gasteiger charge is -2.32. The molecule has 1 atom stereocenters. The molecule has 1 amide bonds. The molecule has 3 aromatic rings. The molecule has 0 spiro atoms. The van der Waals surface area contributed by atoms with Crippen molar-refractivity contribution < 1.29 is 32.6 Å². The first kappa shape index (κ1) is 34.6. The van der Waals surface area contributed by atoms with Crippen molar-refractivity contribution in [1.29, 1.82) is 0 Å². The molecule has 12 heteroatoms. The Morgan fingerprint density at radius 1 is 0.889 bits per heavy atom. The summed E-state index contributed by atoms with van der Waals surface area (Å²) in [7, 11) is 0. The summed E-state index contributed by atoms with van der Waals surface area (Å²) in [6.07, 6.45) is -1.78. The molecule has 2 fully saturated rings. The first-order valence-electron chi connectivity index (χ1n) is 14.7. The number of hydrogen-bond donors (Lipinski definition) is 2. The largest absolute Gasteiger partial charge is 0.490 e. The average Bonchev–Trinajstić information content (AvgIpc) is 3.43. The van der Waals surface area contributed by atoms with Gasteiger partial charge in [0.1, 0.15) is 11.9 Å². The van der Waals surface area contributed by atoms with Crippen molar-refractivity contribution in [2.24, 2.45) is 0 Å². The van der Waals surface area contributed by atoms with Gasteiger partial charge in [-0.25, -0.2) is 4.79 Å². The van der Waals surface area contributed by atoms with E-state index in [4.69, 9.17) is 37.8 Å². The number of carboxylic acid groups (broad SMARTS) is 1. The number of carbonyl (C=O) groups is 2. The zero-order valence-corrected chi connectivity index (χ0v) is 26.3. The Labute approximate surface area is 270 Å².